The monoisotopic (exact) mass is 350 g/mol. The van der Waals surface area contributed by atoms with E-state index in [0.717, 1.165) is 27.7 Å². The Bertz CT molecular complexity index is 983. The van der Waals surface area contributed by atoms with Crippen molar-refractivity contribution in [1.82, 2.24) is 14.9 Å². The lowest BCUT2D eigenvalue weighted by Crippen LogP contribution is -2.18. The molecule has 0 saturated heterocycles. The Morgan fingerprint density at radius 2 is 2.04 bits per heavy atom. The van der Waals surface area contributed by atoms with Gasteiger partial charge in [0.25, 0.3) is 0 Å². The van der Waals surface area contributed by atoms with Gasteiger partial charge in [0.05, 0.1) is 11.0 Å². The second-order valence-corrected chi connectivity index (χ2v) is 6.26. The van der Waals surface area contributed by atoms with Crippen molar-refractivity contribution < 1.29 is 0 Å². The number of hydrogen-bond donors (Lipinski definition) is 3. The third-order valence-corrected chi connectivity index (χ3v) is 4.18. The van der Waals surface area contributed by atoms with Crippen LogP contribution in [0.1, 0.15) is 25.5 Å². The molecule has 0 amide bonds. The van der Waals surface area contributed by atoms with Gasteiger partial charge in [-0.3, -0.25) is 4.57 Å². The summed E-state index contributed by atoms with van der Waals surface area (Å²) in [5.41, 5.74) is 10.7. The highest BCUT2D eigenvalue weighted by Crippen LogP contribution is 2.30. The molecule has 5 nitrogen and oxygen atoms in total. The van der Waals surface area contributed by atoms with Gasteiger partial charge in [0, 0.05) is 18.7 Å². The molecule has 0 aliphatic heterocycles. The number of aromatic nitrogens is 2. The summed E-state index contributed by atoms with van der Waals surface area (Å²) in [7, 11) is 1.75. The molecule has 0 radical (unpaired) electrons. The molecule has 0 atom stereocenters. The summed E-state index contributed by atoms with van der Waals surface area (Å²) in [5, 5.41) is 2.97. The predicted molar refractivity (Wildman–Crippen MR) is 111 cm³/mol. The number of nitrogens with one attached hydrogen (secondary N) is 2. The van der Waals surface area contributed by atoms with Crippen LogP contribution < -0.4 is 16.7 Å². The van der Waals surface area contributed by atoms with E-state index in [4.69, 9.17) is 5.73 Å². The van der Waals surface area contributed by atoms with E-state index in [9.17, 15) is 4.79 Å². The van der Waals surface area contributed by atoms with Crippen LogP contribution in [0.15, 0.2) is 77.9 Å². The van der Waals surface area contributed by atoms with Gasteiger partial charge in [0.15, 0.2) is 0 Å². The summed E-state index contributed by atoms with van der Waals surface area (Å²) in [6.07, 6.45) is 5.30. The molecule has 4 N–H and O–H groups in total. The summed E-state index contributed by atoms with van der Waals surface area (Å²) < 4.78 is 1.73. The molecule has 1 aromatic heterocycles. The molecule has 5 heteroatoms. The van der Waals surface area contributed by atoms with Crippen molar-refractivity contribution in [3.8, 4) is 0 Å². The first-order valence-electron chi connectivity index (χ1n) is 8.41. The van der Waals surface area contributed by atoms with E-state index in [1.165, 1.54) is 0 Å². The largest absolute Gasteiger partial charge is 0.385 e. The van der Waals surface area contributed by atoms with Crippen molar-refractivity contribution in [3.63, 3.8) is 0 Å². The van der Waals surface area contributed by atoms with E-state index >= 15 is 0 Å². The highest BCUT2D eigenvalue weighted by molar-refractivity contribution is 5.89. The fourth-order valence-electron chi connectivity index (χ4n) is 2.86. The summed E-state index contributed by atoms with van der Waals surface area (Å²) in [6.45, 7) is 15.8. The van der Waals surface area contributed by atoms with E-state index in [0.29, 0.717) is 11.4 Å². The Morgan fingerprint density at radius 1 is 1.35 bits per heavy atom. The van der Waals surface area contributed by atoms with Crippen LogP contribution in [0.5, 0.6) is 0 Å². The van der Waals surface area contributed by atoms with Gasteiger partial charge in [-0.1, -0.05) is 44.0 Å². The van der Waals surface area contributed by atoms with Gasteiger partial charge in [-0.2, -0.15) is 0 Å². The van der Waals surface area contributed by atoms with Gasteiger partial charge < -0.3 is 16.0 Å². The van der Waals surface area contributed by atoms with Crippen molar-refractivity contribution in [3.05, 3.63) is 89.2 Å². The van der Waals surface area contributed by atoms with Crippen molar-refractivity contribution >= 4 is 16.6 Å². The molecule has 0 bridgehead atoms. The lowest BCUT2D eigenvalue weighted by Gasteiger charge is -2.16. The maximum atomic E-state index is 12.2. The number of rotatable bonds is 7. The van der Waals surface area contributed by atoms with Crippen molar-refractivity contribution in [2.75, 3.05) is 7.05 Å². The van der Waals surface area contributed by atoms with Crippen molar-refractivity contribution in [1.29, 1.82) is 0 Å². The number of allylic oxidation sites excluding steroid dienone is 6. The van der Waals surface area contributed by atoms with Crippen LogP contribution in [0.2, 0.25) is 0 Å². The number of imidazole rings is 1. The first-order chi connectivity index (χ1) is 12.3. The fourth-order valence-corrected chi connectivity index (χ4v) is 2.86. The zero-order valence-electron chi connectivity index (χ0n) is 15.6. The fraction of sp³-hybridized carbons (Fsp3) is 0.190. The number of nitrogens with zero attached hydrogens (tertiary/aromatic N) is 1. The standard InChI is InChI=1S/C21H26N4O/c1-7-8-9-14(4)15(5)19(20(22)23-6)16-10-11-18-17(12-16)24-21(26)25(18)13(2)3/h7-13,23H,1,4-5,22H2,2-3,6H3,(H,24,26)/b9-8-,20-19+. The van der Waals surface area contributed by atoms with Gasteiger partial charge in [0.2, 0.25) is 0 Å². The lowest BCUT2D eigenvalue weighted by atomic mass is 9.93. The van der Waals surface area contributed by atoms with Crippen LogP contribution in [-0.2, 0) is 0 Å². The van der Waals surface area contributed by atoms with Crippen LogP contribution in [0.25, 0.3) is 16.6 Å². The SMILES string of the molecule is C=C/C=C\C(=C)C(=C)/C(=C(/N)NC)c1ccc2c(c1)[nH]c(=O)n2C(C)C. The van der Waals surface area contributed by atoms with E-state index in [1.54, 1.807) is 23.8 Å². The van der Waals surface area contributed by atoms with E-state index in [1.807, 2.05) is 38.1 Å². The Labute approximate surface area is 153 Å². The molecule has 136 valence electrons. The number of benzene rings is 1. The topological polar surface area (TPSA) is 75.8 Å². The summed E-state index contributed by atoms with van der Waals surface area (Å²) in [5.74, 6) is 0.480. The van der Waals surface area contributed by atoms with Gasteiger partial charge >= 0.3 is 5.69 Å². The summed E-state index contributed by atoms with van der Waals surface area (Å²) in [6, 6.07) is 5.83. The molecule has 0 unspecified atom stereocenters. The zero-order valence-corrected chi connectivity index (χ0v) is 15.6. The van der Waals surface area contributed by atoms with E-state index < -0.39 is 0 Å². The molecular formula is C21H26N4O. The van der Waals surface area contributed by atoms with Crippen molar-refractivity contribution in [2.24, 2.45) is 5.73 Å². The van der Waals surface area contributed by atoms with Gasteiger partial charge in [-0.05, 0) is 42.7 Å². The average Bonchev–Trinajstić information content (AvgIpc) is 2.94. The molecule has 1 aromatic carbocycles. The molecule has 0 fully saturated rings. The predicted octanol–water partition coefficient (Wildman–Crippen LogP) is 3.61. The Morgan fingerprint density at radius 3 is 2.62 bits per heavy atom. The second kappa shape index (κ2) is 7.78. The highest BCUT2D eigenvalue weighted by atomic mass is 16.1. The van der Waals surface area contributed by atoms with Gasteiger partial charge in [-0.15, -0.1) is 0 Å². The minimum absolute atomic E-state index is 0.0678. The minimum atomic E-state index is -0.128. The molecule has 0 aliphatic rings. The van der Waals surface area contributed by atoms with Crippen LogP contribution in [0.3, 0.4) is 0 Å². The summed E-state index contributed by atoms with van der Waals surface area (Å²) in [4.78, 5) is 15.1. The Hall–Kier alpha value is -3.21. The number of hydrogen-bond acceptors (Lipinski definition) is 3. The minimum Gasteiger partial charge on any atom is -0.385 e. The van der Waals surface area contributed by atoms with E-state index in [2.05, 4.69) is 30.0 Å². The molecule has 1 heterocycles. The molecule has 2 rings (SSSR count). The number of H-pyrrole nitrogens is 1. The van der Waals surface area contributed by atoms with Gasteiger partial charge in [0.1, 0.15) is 5.82 Å². The molecule has 0 aliphatic carbocycles. The van der Waals surface area contributed by atoms with Crippen LogP contribution in [-0.4, -0.2) is 16.6 Å². The molecule has 26 heavy (non-hydrogen) atoms. The van der Waals surface area contributed by atoms with Crippen molar-refractivity contribution in [2.45, 2.75) is 19.9 Å². The number of nitrogens with two attached hydrogens (primary N) is 1. The van der Waals surface area contributed by atoms with Crippen LogP contribution >= 0.6 is 0 Å². The van der Waals surface area contributed by atoms with E-state index in [-0.39, 0.29) is 11.7 Å². The summed E-state index contributed by atoms with van der Waals surface area (Å²) >= 11 is 0. The maximum absolute atomic E-state index is 12.2. The third-order valence-electron chi connectivity index (χ3n) is 4.18. The quantitative estimate of drug-likeness (QED) is 0.668. The molecule has 0 spiro atoms. The first kappa shape index (κ1) is 19.1. The number of fused-ring (bicyclic) bond motifs is 1. The van der Waals surface area contributed by atoms with Gasteiger partial charge in [-0.25, -0.2) is 4.79 Å². The maximum Gasteiger partial charge on any atom is 0.326 e. The Balaban J connectivity index is 2.62. The first-order valence-corrected chi connectivity index (χ1v) is 8.41. The highest BCUT2D eigenvalue weighted by Gasteiger charge is 2.15. The smallest absolute Gasteiger partial charge is 0.326 e. The molecule has 2 aromatic rings. The van der Waals surface area contributed by atoms with Crippen LogP contribution in [0.4, 0.5) is 0 Å². The third kappa shape index (κ3) is 3.57. The lowest BCUT2D eigenvalue weighted by molar-refractivity contribution is 0.598. The molecular weight excluding hydrogens is 324 g/mol. The average molecular weight is 350 g/mol. The Kier molecular flexibility index (Phi) is 5.72. The normalized spacial score (nSPS) is 12.5. The second-order valence-electron chi connectivity index (χ2n) is 6.26. The van der Waals surface area contributed by atoms with Crippen LogP contribution in [0, 0.1) is 0 Å². The molecule has 0 saturated carbocycles. The zero-order chi connectivity index (χ0) is 19.4. The number of aromatic amines is 1.